The van der Waals surface area contributed by atoms with E-state index in [2.05, 4.69) is 10.1 Å². The Balaban J connectivity index is 2.24. The number of fused-ring (bicyclic) bond motifs is 1. The Kier molecular flexibility index (Phi) is 3.36. The number of rotatable bonds is 1. The van der Waals surface area contributed by atoms with Crippen LogP contribution in [0.25, 0.3) is 16.9 Å². The van der Waals surface area contributed by atoms with Crippen LogP contribution in [0.4, 0.5) is 13.2 Å². The Morgan fingerprint density at radius 2 is 1.86 bits per heavy atom. The third-order valence-electron chi connectivity index (χ3n) is 3.63. The van der Waals surface area contributed by atoms with Gasteiger partial charge in [0.05, 0.1) is 16.3 Å². The standard InChI is InChI=1S/C15H11ClF3N3/c1-8-5-13(22-14(9(8)2)20-7-21-22)11-4-3-10(6-12(11)16)15(17,18)19/h3-7H,1-2H3. The molecule has 0 aliphatic rings. The molecule has 0 aliphatic carbocycles. The van der Waals surface area contributed by atoms with Crippen LogP contribution in [0.1, 0.15) is 16.7 Å². The summed E-state index contributed by atoms with van der Waals surface area (Å²) in [5.74, 6) is 0. The van der Waals surface area contributed by atoms with Crippen LogP contribution in [0, 0.1) is 13.8 Å². The highest BCUT2D eigenvalue weighted by Gasteiger charge is 2.31. The van der Waals surface area contributed by atoms with E-state index in [9.17, 15) is 13.2 Å². The Bertz CT molecular complexity index is 868. The summed E-state index contributed by atoms with van der Waals surface area (Å²) in [5, 5.41) is 4.16. The monoisotopic (exact) mass is 325 g/mol. The molecular formula is C15H11ClF3N3. The van der Waals surface area contributed by atoms with Crippen molar-refractivity contribution in [3.8, 4) is 11.3 Å². The first-order valence-corrected chi connectivity index (χ1v) is 6.84. The van der Waals surface area contributed by atoms with E-state index in [1.807, 2.05) is 19.9 Å². The van der Waals surface area contributed by atoms with Crippen molar-refractivity contribution in [1.29, 1.82) is 0 Å². The highest BCUT2D eigenvalue weighted by molar-refractivity contribution is 6.33. The number of aromatic nitrogens is 3. The average molecular weight is 326 g/mol. The molecule has 0 saturated carbocycles. The van der Waals surface area contributed by atoms with E-state index in [4.69, 9.17) is 11.6 Å². The molecule has 0 N–H and O–H groups in total. The molecule has 0 aliphatic heterocycles. The second-order valence-electron chi connectivity index (χ2n) is 5.03. The lowest BCUT2D eigenvalue weighted by atomic mass is 10.0. The lowest BCUT2D eigenvalue weighted by Crippen LogP contribution is -2.05. The number of halogens is 4. The summed E-state index contributed by atoms with van der Waals surface area (Å²) in [6.45, 7) is 3.82. The molecule has 114 valence electrons. The number of pyridine rings is 1. The quantitative estimate of drug-likeness (QED) is 0.650. The first-order chi connectivity index (χ1) is 10.3. The Morgan fingerprint density at radius 3 is 2.50 bits per heavy atom. The summed E-state index contributed by atoms with van der Waals surface area (Å²) < 4.78 is 39.8. The van der Waals surface area contributed by atoms with Gasteiger partial charge >= 0.3 is 6.18 Å². The highest BCUT2D eigenvalue weighted by atomic mass is 35.5. The van der Waals surface area contributed by atoms with Crippen LogP contribution < -0.4 is 0 Å². The molecule has 0 radical (unpaired) electrons. The smallest absolute Gasteiger partial charge is 0.215 e. The van der Waals surface area contributed by atoms with Crippen molar-refractivity contribution in [3.05, 3.63) is 52.3 Å². The third-order valence-corrected chi connectivity index (χ3v) is 3.94. The maximum Gasteiger partial charge on any atom is 0.416 e. The summed E-state index contributed by atoms with van der Waals surface area (Å²) in [5.41, 5.74) is 2.89. The average Bonchev–Trinajstić information content (AvgIpc) is 2.92. The van der Waals surface area contributed by atoms with Gasteiger partial charge in [0.15, 0.2) is 5.65 Å². The molecule has 0 atom stereocenters. The zero-order chi connectivity index (χ0) is 16.1. The Morgan fingerprint density at radius 1 is 1.14 bits per heavy atom. The van der Waals surface area contributed by atoms with Crippen LogP contribution in [0.15, 0.2) is 30.6 Å². The van der Waals surface area contributed by atoms with Crippen LogP contribution in [0.2, 0.25) is 5.02 Å². The molecular weight excluding hydrogens is 315 g/mol. The van der Waals surface area contributed by atoms with Gasteiger partial charge in [0.25, 0.3) is 0 Å². The van der Waals surface area contributed by atoms with E-state index in [1.54, 1.807) is 4.52 Å². The van der Waals surface area contributed by atoms with Crippen LogP contribution >= 0.6 is 11.6 Å². The number of nitrogens with zero attached hydrogens (tertiary/aromatic N) is 3. The molecule has 0 saturated heterocycles. The maximum absolute atomic E-state index is 12.7. The van der Waals surface area contributed by atoms with E-state index in [-0.39, 0.29) is 5.02 Å². The summed E-state index contributed by atoms with van der Waals surface area (Å²) >= 11 is 6.07. The molecule has 3 aromatic rings. The number of benzene rings is 1. The number of hydrogen-bond acceptors (Lipinski definition) is 2. The van der Waals surface area contributed by atoms with Crippen molar-refractivity contribution >= 4 is 17.2 Å². The minimum absolute atomic E-state index is 0.0230. The molecule has 3 nitrogen and oxygen atoms in total. The van der Waals surface area contributed by atoms with Gasteiger partial charge in [-0.25, -0.2) is 9.50 Å². The molecule has 2 aromatic heterocycles. The van der Waals surface area contributed by atoms with Crippen molar-refractivity contribution < 1.29 is 13.2 Å². The molecule has 0 spiro atoms. The van der Waals surface area contributed by atoms with Crippen molar-refractivity contribution in [2.24, 2.45) is 0 Å². The Hall–Kier alpha value is -2.08. The van der Waals surface area contributed by atoms with Gasteiger partial charge in [-0.1, -0.05) is 17.7 Å². The lowest BCUT2D eigenvalue weighted by molar-refractivity contribution is -0.137. The SMILES string of the molecule is Cc1cc(-c2ccc(C(F)(F)F)cc2Cl)n2ncnc2c1C. The number of hydrogen-bond donors (Lipinski definition) is 0. The van der Waals surface area contributed by atoms with E-state index < -0.39 is 11.7 Å². The van der Waals surface area contributed by atoms with Crippen molar-refractivity contribution in [1.82, 2.24) is 14.6 Å². The van der Waals surface area contributed by atoms with Gasteiger partial charge in [0, 0.05) is 5.56 Å². The number of alkyl halides is 3. The molecule has 7 heteroatoms. The van der Waals surface area contributed by atoms with Gasteiger partial charge in [-0.05, 0) is 43.2 Å². The summed E-state index contributed by atoms with van der Waals surface area (Å²) in [4.78, 5) is 4.18. The maximum atomic E-state index is 12.7. The second kappa shape index (κ2) is 4.98. The fraction of sp³-hybridized carbons (Fsp3) is 0.200. The largest absolute Gasteiger partial charge is 0.416 e. The Labute approximate surface area is 129 Å². The van der Waals surface area contributed by atoms with Crippen molar-refractivity contribution in [3.63, 3.8) is 0 Å². The van der Waals surface area contributed by atoms with Crippen molar-refractivity contribution in [2.45, 2.75) is 20.0 Å². The zero-order valence-corrected chi connectivity index (χ0v) is 12.5. The molecule has 0 fully saturated rings. The topological polar surface area (TPSA) is 30.2 Å². The molecule has 1 aromatic carbocycles. The third kappa shape index (κ3) is 2.33. The fourth-order valence-electron chi connectivity index (χ4n) is 2.32. The van der Waals surface area contributed by atoms with Crippen LogP contribution in [-0.2, 0) is 6.18 Å². The molecule has 0 bridgehead atoms. The van der Waals surface area contributed by atoms with E-state index in [0.29, 0.717) is 16.9 Å². The predicted molar refractivity (Wildman–Crippen MR) is 77.9 cm³/mol. The summed E-state index contributed by atoms with van der Waals surface area (Å²) in [6, 6.07) is 5.13. The van der Waals surface area contributed by atoms with Gasteiger partial charge in [-0.2, -0.15) is 18.3 Å². The van der Waals surface area contributed by atoms with Gasteiger partial charge < -0.3 is 0 Å². The van der Waals surface area contributed by atoms with E-state index in [1.165, 1.54) is 12.4 Å². The van der Waals surface area contributed by atoms with Crippen LogP contribution in [0.5, 0.6) is 0 Å². The van der Waals surface area contributed by atoms with Crippen molar-refractivity contribution in [2.75, 3.05) is 0 Å². The second-order valence-corrected chi connectivity index (χ2v) is 5.43. The van der Waals surface area contributed by atoms with E-state index >= 15 is 0 Å². The summed E-state index contributed by atoms with van der Waals surface area (Å²) in [6.07, 6.45) is -3.02. The predicted octanol–water partition coefficient (Wildman–Crippen LogP) is 4.69. The van der Waals surface area contributed by atoms with Gasteiger partial charge in [0.1, 0.15) is 6.33 Å². The molecule has 22 heavy (non-hydrogen) atoms. The molecule has 3 rings (SSSR count). The highest BCUT2D eigenvalue weighted by Crippen LogP contribution is 2.36. The van der Waals surface area contributed by atoms with Gasteiger partial charge in [0.2, 0.25) is 0 Å². The normalized spacial score (nSPS) is 12.1. The zero-order valence-electron chi connectivity index (χ0n) is 11.7. The fourth-order valence-corrected chi connectivity index (χ4v) is 2.59. The lowest BCUT2D eigenvalue weighted by Gasteiger charge is -2.13. The number of aryl methyl sites for hydroxylation is 2. The minimum atomic E-state index is -4.42. The summed E-state index contributed by atoms with van der Waals surface area (Å²) in [7, 11) is 0. The first-order valence-electron chi connectivity index (χ1n) is 6.46. The van der Waals surface area contributed by atoms with Gasteiger partial charge in [-0.3, -0.25) is 0 Å². The first kappa shape index (κ1) is 14.8. The molecule has 2 heterocycles. The minimum Gasteiger partial charge on any atom is -0.215 e. The molecule has 0 unspecified atom stereocenters. The van der Waals surface area contributed by atoms with Crippen LogP contribution in [-0.4, -0.2) is 14.6 Å². The van der Waals surface area contributed by atoms with Gasteiger partial charge in [-0.15, -0.1) is 0 Å². The molecule has 0 amide bonds. The van der Waals surface area contributed by atoms with E-state index in [0.717, 1.165) is 23.3 Å². The van der Waals surface area contributed by atoms with Crippen LogP contribution in [0.3, 0.4) is 0 Å².